The Morgan fingerprint density at radius 3 is 3.10 bits per heavy atom. The number of nitrogens with zero attached hydrogens (tertiary/aromatic N) is 5. The number of halogens is 1. The van der Waals surface area contributed by atoms with Crippen molar-refractivity contribution in [3.63, 3.8) is 0 Å². The van der Waals surface area contributed by atoms with Gasteiger partial charge in [0.05, 0.1) is 11.6 Å². The maximum Gasteiger partial charge on any atom is 0.175 e. The van der Waals surface area contributed by atoms with Crippen molar-refractivity contribution in [2.24, 2.45) is 7.05 Å². The van der Waals surface area contributed by atoms with Gasteiger partial charge in [-0.15, -0.1) is 10.2 Å². The highest BCUT2D eigenvalue weighted by Crippen LogP contribution is 2.26. The minimum absolute atomic E-state index is 0.400. The van der Waals surface area contributed by atoms with Gasteiger partial charge < -0.3 is 10.2 Å². The first-order chi connectivity index (χ1) is 9.69. The zero-order valence-corrected chi connectivity index (χ0v) is 12.6. The smallest absolute Gasteiger partial charge is 0.175 e. The zero-order valence-electron chi connectivity index (χ0n) is 11.8. The first-order valence-corrected chi connectivity index (χ1v) is 7.39. The van der Waals surface area contributed by atoms with Gasteiger partial charge in [-0.05, 0) is 25.9 Å². The Morgan fingerprint density at radius 2 is 2.30 bits per heavy atom. The highest BCUT2D eigenvalue weighted by atomic mass is 35.5. The Hall–Kier alpha value is -1.40. The van der Waals surface area contributed by atoms with Crippen LogP contribution in [0.4, 0.5) is 5.82 Å². The molecule has 1 atom stereocenters. The lowest BCUT2D eigenvalue weighted by Crippen LogP contribution is -2.42. The van der Waals surface area contributed by atoms with E-state index in [9.17, 15) is 0 Å². The van der Waals surface area contributed by atoms with E-state index in [1.807, 2.05) is 7.05 Å². The molecular formula is C13H19ClN6. The normalized spacial score (nSPS) is 20.4. The van der Waals surface area contributed by atoms with Crippen LogP contribution in [-0.4, -0.2) is 50.6 Å². The average Bonchev–Trinajstić information content (AvgIpc) is 2.86. The van der Waals surface area contributed by atoms with Crippen molar-refractivity contribution in [1.29, 1.82) is 0 Å². The Bertz CT molecular complexity index is 610. The maximum absolute atomic E-state index is 6.07. The SMILES string of the molecule is CCN1CCC[C@@H](Nc2nnc(Cl)c3cnn(C)c23)C1. The number of aromatic nitrogens is 4. The second kappa shape index (κ2) is 5.54. The molecule has 2 aromatic rings. The highest BCUT2D eigenvalue weighted by molar-refractivity contribution is 6.34. The van der Waals surface area contributed by atoms with Gasteiger partial charge in [-0.3, -0.25) is 4.68 Å². The molecule has 0 saturated carbocycles. The molecule has 0 aliphatic carbocycles. The van der Waals surface area contributed by atoms with Crippen LogP contribution in [0.25, 0.3) is 10.9 Å². The van der Waals surface area contributed by atoms with E-state index in [4.69, 9.17) is 11.6 Å². The number of hydrogen-bond acceptors (Lipinski definition) is 5. The molecular weight excluding hydrogens is 276 g/mol. The number of likely N-dealkylation sites (tertiary alicyclic amines) is 1. The summed E-state index contributed by atoms with van der Waals surface area (Å²) in [4.78, 5) is 2.45. The van der Waals surface area contributed by atoms with E-state index in [0.717, 1.165) is 36.2 Å². The van der Waals surface area contributed by atoms with Crippen LogP contribution in [0.5, 0.6) is 0 Å². The molecule has 3 heterocycles. The van der Waals surface area contributed by atoms with Crippen LogP contribution in [-0.2, 0) is 7.05 Å². The third kappa shape index (κ3) is 2.45. The van der Waals surface area contributed by atoms with Gasteiger partial charge >= 0.3 is 0 Å². The Kier molecular flexibility index (Phi) is 3.76. The van der Waals surface area contributed by atoms with Crippen LogP contribution < -0.4 is 5.32 Å². The molecule has 0 bridgehead atoms. The summed E-state index contributed by atoms with van der Waals surface area (Å²) < 4.78 is 1.79. The summed E-state index contributed by atoms with van der Waals surface area (Å²) in [5.41, 5.74) is 0.915. The van der Waals surface area contributed by atoms with Gasteiger partial charge in [0, 0.05) is 19.6 Å². The number of piperidine rings is 1. The van der Waals surface area contributed by atoms with E-state index in [2.05, 4.69) is 32.4 Å². The second-order valence-corrected chi connectivity index (χ2v) is 5.60. The molecule has 7 heteroatoms. The number of nitrogens with one attached hydrogen (secondary N) is 1. The van der Waals surface area contributed by atoms with Crippen molar-refractivity contribution >= 4 is 28.3 Å². The van der Waals surface area contributed by atoms with Gasteiger partial charge in [0.1, 0.15) is 5.52 Å². The molecule has 0 radical (unpaired) electrons. The Morgan fingerprint density at radius 1 is 1.45 bits per heavy atom. The van der Waals surface area contributed by atoms with Crippen molar-refractivity contribution in [1.82, 2.24) is 24.9 Å². The molecule has 0 spiro atoms. The largest absolute Gasteiger partial charge is 0.363 e. The second-order valence-electron chi connectivity index (χ2n) is 5.25. The summed E-state index contributed by atoms with van der Waals surface area (Å²) in [6.45, 7) is 5.51. The summed E-state index contributed by atoms with van der Waals surface area (Å²) in [6, 6.07) is 0.400. The monoisotopic (exact) mass is 294 g/mol. The minimum Gasteiger partial charge on any atom is -0.363 e. The molecule has 1 N–H and O–H groups in total. The Balaban J connectivity index is 1.87. The number of rotatable bonds is 3. The fraction of sp³-hybridized carbons (Fsp3) is 0.615. The third-order valence-electron chi connectivity index (χ3n) is 3.92. The topological polar surface area (TPSA) is 58.9 Å². The van der Waals surface area contributed by atoms with Crippen LogP contribution in [0.2, 0.25) is 5.15 Å². The van der Waals surface area contributed by atoms with E-state index in [1.165, 1.54) is 13.0 Å². The van der Waals surface area contributed by atoms with E-state index >= 15 is 0 Å². The van der Waals surface area contributed by atoms with Gasteiger partial charge in [-0.25, -0.2) is 0 Å². The quantitative estimate of drug-likeness (QED) is 0.937. The number of likely N-dealkylation sites (N-methyl/N-ethyl adjacent to an activating group) is 1. The van der Waals surface area contributed by atoms with Gasteiger partial charge in [-0.1, -0.05) is 18.5 Å². The van der Waals surface area contributed by atoms with E-state index in [1.54, 1.807) is 10.9 Å². The number of hydrogen-bond donors (Lipinski definition) is 1. The van der Waals surface area contributed by atoms with Gasteiger partial charge in [-0.2, -0.15) is 5.10 Å². The molecule has 3 rings (SSSR count). The van der Waals surface area contributed by atoms with Crippen molar-refractivity contribution in [3.8, 4) is 0 Å². The van der Waals surface area contributed by atoms with Crippen LogP contribution in [0.3, 0.4) is 0 Å². The zero-order chi connectivity index (χ0) is 14.1. The van der Waals surface area contributed by atoms with Crippen LogP contribution in [0.1, 0.15) is 19.8 Å². The molecule has 108 valence electrons. The van der Waals surface area contributed by atoms with Gasteiger partial charge in [0.25, 0.3) is 0 Å². The fourth-order valence-electron chi connectivity index (χ4n) is 2.82. The summed E-state index contributed by atoms with van der Waals surface area (Å²) in [7, 11) is 1.89. The lowest BCUT2D eigenvalue weighted by molar-refractivity contribution is 0.226. The van der Waals surface area contributed by atoms with Crippen LogP contribution >= 0.6 is 11.6 Å². The number of anilines is 1. The van der Waals surface area contributed by atoms with Crippen LogP contribution in [0.15, 0.2) is 6.20 Å². The predicted molar refractivity (Wildman–Crippen MR) is 80.1 cm³/mol. The first kappa shape index (κ1) is 13.6. The van der Waals surface area contributed by atoms with E-state index in [-0.39, 0.29) is 0 Å². The van der Waals surface area contributed by atoms with Crippen molar-refractivity contribution in [3.05, 3.63) is 11.3 Å². The molecule has 0 aromatic carbocycles. The molecule has 0 unspecified atom stereocenters. The van der Waals surface area contributed by atoms with Crippen LogP contribution in [0, 0.1) is 0 Å². The van der Waals surface area contributed by atoms with Gasteiger partial charge in [0.2, 0.25) is 0 Å². The third-order valence-corrected chi connectivity index (χ3v) is 4.20. The molecule has 20 heavy (non-hydrogen) atoms. The Labute approximate surface area is 123 Å². The highest BCUT2D eigenvalue weighted by Gasteiger charge is 2.21. The molecule has 6 nitrogen and oxygen atoms in total. The molecule has 0 amide bonds. The summed E-state index contributed by atoms with van der Waals surface area (Å²) in [5, 5.41) is 17.2. The molecule has 1 fully saturated rings. The van der Waals surface area contributed by atoms with Crippen molar-refractivity contribution in [2.75, 3.05) is 25.0 Å². The lowest BCUT2D eigenvalue weighted by atomic mass is 10.1. The summed E-state index contributed by atoms with van der Waals surface area (Å²) >= 11 is 6.07. The van der Waals surface area contributed by atoms with E-state index < -0.39 is 0 Å². The summed E-state index contributed by atoms with van der Waals surface area (Å²) in [5.74, 6) is 0.771. The predicted octanol–water partition coefficient (Wildman–Crippen LogP) is 1.91. The molecule has 1 aliphatic rings. The molecule has 2 aromatic heterocycles. The summed E-state index contributed by atoms with van der Waals surface area (Å²) in [6.07, 6.45) is 4.10. The minimum atomic E-state index is 0.400. The maximum atomic E-state index is 6.07. The molecule has 1 aliphatic heterocycles. The standard InChI is InChI=1S/C13H19ClN6/c1-3-20-6-4-5-9(8-20)16-13-11-10(7-15-19(11)2)12(14)17-18-13/h7,9H,3-6,8H2,1-2H3,(H,16,18)/t9-/m1/s1. The first-order valence-electron chi connectivity index (χ1n) is 7.01. The van der Waals surface area contributed by atoms with E-state index in [0.29, 0.717) is 11.2 Å². The van der Waals surface area contributed by atoms with Gasteiger partial charge in [0.15, 0.2) is 11.0 Å². The average molecular weight is 295 g/mol. The lowest BCUT2D eigenvalue weighted by Gasteiger charge is -2.32. The fourth-order valence-corrected chi connectivity index (χ4v) is 2.99. The van der Waals surface area contributed by atoms with Crippen molar-refractivity contribution in [2.45, 2.75) is 25.8 Å². The number of fused-ring (bicyclic) bond motifs is 1. The van der Waals surface area contributed by atoms with Crippen molar-refractivity contribution < 1.29 is 0 Å². The number of aryl methyl sites for hydroxylation is 1. The molecule has 1 saturated heterocycles.